The average Bonchev–Trinajstić information content (AvgIpc) is 2.94. The number of rotatable bonds is 2. The van der Waals surface area contributed by atoms with Gasteiger partial charge < -0.3 is 19.7 Å². The van der Waals surface area contributed by atoms with Crippen molar-refractivity contribution >= 4 is 5.91 Å². The van der Waals surface area contributed by atoms with Gasteiger partial charge in [-0.3, -0.25) is 4.79 Å². The van der Waals surface area contributed by atoms with Crippen LogP contribution in [0.5, 0.6) is 11.5 Å². The molecule has 3 rings (SSSR count). The van der Waals surface area contributed by atoms with Gasteiger partial charge in [-0.15, -0.1) is 0 Å². The molecule has 0 aliphatic carbocycles. The quantitative estimate of drug-likeness (QED) is 0.871. The summed E-state index contributed by atoms with van der Waals surface area (Å²) in [5.74, 6) is 1.44. The average molecular weight is 262 g/mol. The highest BCUT2D eigenvalue weighted by molar-refractivity contribution is 5.95. The first kappa shape index (κ1) is 12.3. The highest BCUT2D eigenvalue weighted by Crippen LogP contribution is 2.32. The molecule has 1 aromatic rings. The van der Waals surface area contributed by atoms with E-state index in [1.54, 1.807) is 18.2 Å². The molecule has 0 bridgehead atoms. The second-order valence-corrected chi connectivity index (χ2v) is 4.88. The first-order valence-electron chi connectivity index (χ1n) is 6.70. The predicted molar refractivity (Wildman–Crippen MR) is 70.6 cm³/mol. The number of carbonyl (C=O) groups is 1. The van der Waals surface area contributed by atoms with Crippen molar-refractivity contribution in [3.8, 4) is 11.5 Å². The van der Waals surface area contributed by atoms with Crippen molar-refractivity contribution in [2.75, 3.05) is 26.4 Å². The zero-order valence-electron chi connectivity index (χ0n) is 11.0. The highest BCUT2D eigenvalue weighted by atomic mass is 16.7. The SMILES string of the molecule is CC[C@@H]1CN(C(=O)c2ccc3c(c2)OCO3)CCN1. The minimum absolute atomic E-state index is 0.0678. The van der Waals surface area contributed by atoms with Gasteiger partial charge in [0.25, 0.3) is 5.91 Å². The fourth-order valence-electron chi connectivity index (χ4n) is 2.50. The first-order chi connectivity index (χ1) is 9.28. The molecule has 0 saturated carbocycles. The second kappa shape index (κ2) is 5.09. The number of hydrogen-bond acceptors (Lipinski definition) is 4. The molecular formula is C14H18N2O3. The van der Waals surface area contributed by atoms with E-state index in [-0.39, 0.29) is 12.7 Å². The van der Waals surface area contributed by atoms with Crippen molar-refractivity contribution in [1.82, 2.24) is 10.2 Å². The minimum Gasteiger partial charge on any atom is -0.454 e. The van der Waals surface area contributed by atoms with Crippen LogP contribution in [0.2, 0.25) is 0 Å². The number of nitrogens with zero attached hydrogens (tertiary/aromatic N) is 1. The fourth-order valence-corrected chi connectivity index (χ4v) is 2.50. The summed E-state index contributed by atoms with van der Waals surface area (Å²) in [7, 11) is 0. The standard InChI is InChI=1S/C14H18N2O3/c1-2-11-8-16(6-5-15-11)14(17)10-3-4-12-13(7-10)19-9-18-12/h3-4,7,11,15H,2,5-6,8-9H2,1H3/t11-/m1/s1. The smallest absolute Gasteiger partial charge is 0.254 e. The van der Waals surface area contributed by atoms with Crippen LogP contribution < -0.4 is 14.8 Å². The van der Waals surface area contributed by atoms with Gasteiger partial charge in [-0.25, -0.2) is 0 Å². The minimum atomic E-state index is 0.0678. The third kappa shape index (κ3) is 2.38. The van der Waals surface area contributed by atoms with Crippen LogP contribution in [0.25, 0.3) is 0 Å². The number of fused-ring (bicyclic) bond motifs is 1. The van der Waals surface area contributed by atoms with E-state index in [0.29, 0.717) is 23.1 Å². The van der Waals surface area contributed by atoms with Crippen LogP contribution in [0.1, 0.15) is 23.7 Å². The number of hydrogen-bond donors (Lipinski definition) is 1. The molecule has 0 spiro atoms. The van der Waals surface area contributed by atoms with Crippen molar-refractivity contribution in [3.63, 3.8) is 0 Å². The lowest BCUT2D eigenvalue weighted by Crippen LogP contribution is -2.52. The highest BCUT2D eigenvalue weighted by Gasteiger charge is 2.24. The van der Waals surface area contributed by atoms with E-state index in [4.69, 9.17) is 9.47 Å². The van der Waals surface area contributed by atoms with E-state index in [1.165, 1.54) is 0 Å². The van der Waals surface area contributed by atoms with Gasteiger partial charge in [-0.2, -0.15) is 0 Å². The van der Waals surface area contributed by atoms with Crippen molar-refractivity contribution in [1.29, 1.82) is 0 Å². The summed E-state index contributed by atoms with van der Waals surface area (Å²) in [5, 5.41) is 3.41. The predicted octanol–water partition coefficient (Wildman–Crippen LogP) is 1.24. The molecule has 2 aliphatic heterocycles. The molecule has 5 heteroatoms. The van der Waals surface area contributed by atoms with Gasteiger partial charge in [0.05, 0.1) is 0 Å². The van der Waals surface area contributed by atoms with E-state index >= 15 is 0 Å². The molecule has 1 atom stereocenters. The lowest BCUT2D eigenvalue weighted by Gasteiger charge is -2.33. The summed E-state index contributed by atoms with van der Waals surface area (Å²) in [6.45, 7) is 4.74. The van der Waals surface area contributed by atoms with Gasteiger partial charge in [0.1, 0.15) is 0 Å². The molecule has 1 amide bonds. The van der Waals surface area contributed by atoms with Gasteiger partial charge in [0.15, 0.2) is 11.5 Å². The summed E-state index contributed by atoms with van der Waals surface area (Å²) in [5.41, 5.74) is 0.668. The molecule has 1 aromatic carbocycles. The lowest BCUT2D eigenvalue weighted by molar-refractivity contribution is 0.0701. The molecule has 2 aliphatic rings. The molecule has 102 valence electrons. The molecule has 1 fully saturated rings. The molecule has 1 saturated heterocycles. The Bertz CT molecular complexity index is 490. The molecule has 19 heavy (non-hydrogen) atoms. The Morgan fingerprint density at radius 3 is 3.11 bits per heavy atom. The zero-order chi connectivity index (χ0) is 13.2. The topological polar surface area (TPSA) is 50.8 Å². The molecular weight excluding hydrogens is 244 g/mol. The Kier molecular flexibility index (Phi) is 3.29. The Hall–Kier alpha value is -1.75. The van der Waals surface area contributed by atoms with Gasteiger partial charge in [-0.1, -0.05) is 6.92 Å². The van der Waals surface area contributed by atoms with Gasteiger partial charge in [0.2, 0.25) is 6.79 Å². The Labute approximate surface area is 112 Å². The Morgan fingerprint density at radius 2 is 2.26 bits per heavy atom. The third-order valence-corrected chi connectivity index (χ3v) is 3.66. The Morgan fingerprint density at radius 1 is 1.42 bits per heavy atom. The van der Waals surface area contributed by atoms with Crippen LogP contribution in [-0.4, -0.2) is 43.3 Å². The van der Waals surface area contributed by atoms with Crippen LogP contribution in [0, 0.1) is 0 Å². The Balaban J connectivity index is 1.76. The monoisotopic (exact) mass is 262 g/mol. The number of ether oxygens (including phenoxy) is 2. The number of carbonyl (C=O) groups excluding carboxylic acids is 1. The third-order valence-electron chi connectivity index (χ3n) is 3.66. The maximum Gasteiger partial charge on any atom is 0.254 e. The number of nitrogens with one attached hydrogen (secondary N) is 1. The van der Waals surface area contributed by atoms with E-state index in [2.05, 4.69) is 12.2 Å². The summed E-state index contributed by atoms with van der Waals surface area (Å²) < 4.78 is 10.6. The molecule has 0 unspecified atom stereocenters. The molecule has 0 radical (unpaired) electrons. The van der Waals surface area contributed by atoms with Gasteiger partial charge >= 0.3 is 0 Å². The second-order valence-electron chi connectivity index (χ2n) is 4.88. The number of amides is 1. The lowest BCUT2D eigenvalue weighted by atomic mass is 10.1. The normalized spacial score (nSPS) is 21.5. The van der Waals surface area contributed by atoms with Crippen LogP contribution >= 0.6 is 0 Å². The van der Waals surface area contributed by atoms with Gasteiger partial charge in [-0.05, 0) is 24.6 Å². The van der Waals surface area contributed by atoms with Gasteiger partial charge in [0, 0.05) is 31.2 Å². The van der Waals surface area contributed by atoms with Crippen molar-refractivity contribution in [3.05, 3.63) is 23.8 Å². The molecule has 0 aromatic heterocycles. The summed E-state index contributed by atoms with van der Waals surface area (Å²) >= 11 is 0. The largest absolute Gasteiger partial charge is 0.454 e. The van der Waals surface area contributed by atoms with Crippen LogP contribution in [0.3, 0.4) is 0 Å². The summed E-state index contributed by atoms with van der Waals surface area (Å²) in [4.78, 5) is 14.4. The van der Waals surface area contributed by atoms with Crippen LogP contribution in [0.15, 0.2) is 18.2 Å². The van der Waals surface area contributed by atoms with Crippen LogP contribution in [0.4, 0.5) is 0 Å². The van der Waals surface area contributed by atoms with E-state index in [9.17, 15) is 4.79 Å². The maximum atomic E-state index is 12.5. The van der Waals surface area contributed by atoms with E-state index < -0.39 is 0 Å². The number of piperazine rings is 1. The molecule has 5 nitrogen and oxygen atoms in total. The fraction of sp³-hybridized carbons (Fsp3) is 0.500. The summed E-state index contributed by atoms with van der Waals surface area (Å²) in [6, 6.07) is 5.77. The number of benzene rings is 1. The van der Waals surface area contributed by atoms with E-state index in [0.717, 1.165) is 26.1 Å². The molecule has 2 heterocycles. The zero-order valence-corrected chi connectivity index (χ0v) is 11.0. The van der Waals surface area contributed by atoms with Crippen molar-refractivity contribution in [2.24, 2.45) is 0 Å². The first-order valence-corrected chi connectivity index (χ1v) is 6.70. The molecule has 1 N–H and O–H groups in total. The van der Waals surface area contributed by atoms with Crippen molar-refractivity contribution in [2.45, 2.75) is 19.4 Å². The van der Waals surface area contributed by atoms with Crippen molar-refractivity contribution < 1.29 is 14.3 Å². The maximum absolute atomic E-state index is 12.5. The van der Waals surface area contributed by atoms with E-state index in [1.807, 2.05) is 4.90 Å². The van der Waals surface area contributed by atoms with Crippen LogP contribution in [-0.2, 0) is 0 Å². The summed E-state index contributed by atoms with van der Waals surface area (Å²) in [6.07, 6.45) is 1.03.